The van der Waals surface area contributed by atoms with Crippen LogP contribution in [-0.4, -0.2) is 18.4 Å². The van der Waals surface area contributed by atoms with Crippen molar-refractivity contribution < 1.29 is 18.4 Å². The molecule has 0 fully saturated rings. The number of phenols is 1. The molecule has 0 saturated heterocycles. The van der Waals surface area contributed by atoms with E-state index in [1.165, 1.54) is 6.07 Å². The molecule has 1 aromatic rings. The molecule has 1 rings (SSSR count). The largest absolute Gasteiger partial charge is 0.502 e. The lowest BCUT2D eigenvalue weighted by atomic mass is 10.2. The van der Waals surface area contributed by atoms with E-state index in [2.05, 4.69) is 0 Å². The SMILES string of the molecule is N#Cc1c(S(=O)(=O)Cl)ccc(O)c1[N+](=O)[O-]. The molecule has 1 N–H and O–H groups in total. The fourth-order valence-electron chi connectivity index (χ4n) is 1.06. The molecule has 1 aromatic carbocycles. The van der Waals surface area contributed by atoms with E-state index in [4.69, 9.17) is 21.1 Å². The molecule has 0 aliphatic heterocycles. The predicted molar refractivity (Wildman–Crippen MR) is 52.5 cm³/mol. The third kappa shape index (κ3) is 2.05. The molecule has 0 aromatic heterocycles. The molecule has 9 heteroatoms. The van der Waals surface area contributed by atoms with Crippen LogP contribution >= 0.6 is 10.7 Å². The predicted octanol–water partition coefficient (Wildman–Crippen LogP) is 1.10. The van der Waals surface area contributed by atoms with Crippen LogP contribution in [0.4, 0.5) is 5.69 Å². The van der Waals surface area contributed by atoms with Gasteiger partial charge in [0.2, 0.25) is 0 Å². The van der Waals surface area contributed by atoms with Crippen LogP contribution in [-0.2, 0) is 9.05 Å². The summed E-state index contributed by atoms with van der Waals surface area (Å²) in [6.07, 6.45) is 0. The molecule has 7 nitrogen and oxygen atoms in total. The topological polar surface area (TPSA) is 121 Å². The van der Waals surface area contributed by atoms with Crippen LogP contribution in [0.1, 0.15) is 5.56 Å². The van der Waals surface area contributed by atoms with Crippen LogP contribution in [0.5, 0.6) is 5.75 Å². The molecule has 84 valence electrons. The average molecular weight is 263 g/mol. The number of nitro benzene ring substituents is 1. The highest BCUT2D eigenvalue weighted by Gasteiger charge is 2.28. The van der Waals surface area contributed by atoms with Gasteiger partial charge < -0.3 is 5.11 Å². The number of hydrogen-bond acceptors (Lipinski definition) is 6. The number of halogens is 1. The third-order valence-corrected chi connectivity index (χ3v) is 3.04. The molecule has 0 radical (unpaired) electrons. The van der Waals surface area contributed by atoms with Crippen molar-refractivity contribution in [3.05, 3.63) is 27.8 Å². The van der Waals surface area contributed by atoms with Crippen molar-refractivity contribution in [3.8, 4) is 11.8 Å². The van der Waals surface area contributed by atoms with Crippen molar-refractivity contribution in [1.82, 2.24) is 0 Å². The smallest absolute Gasteiger partial charge is 0.329 e. The molecule has 0 amide bonds. The minimum Gasteiger partial charge on any atom is -0.502 e. The highest BCUT2D eigenvalue weighted by atomic mass is 35.7. The zero-order valence-corrected chi connectivity index (χ0v) is 8.99. The highest BCUT2D eigenvalue weighted by Crippen LogP contribution is 2.34. The maximum absolute atomic E-state index is 11.0. The molecule has 0 unspecified atom stereocenters. The fourth-order valence-corrected chi connectivity index (χ4v) is 2.06. The molecule has 0 bridgehead atoms. The molecular formula is C7H3ClN2O5S. The van der Waals surface area contributed by atoms with Crippen molar-refractivity contribution in [2.24, 2.45) is 0 Å². The molecule has 0 heterocycles. The summed E-state index contributed by atoms with van der Waals surface area (Å²) in [6, 6.07) is 2.94. The number of benzene rings is 1. The van der Waals surface area contributed by atoms with Crippen molar-refractivity contribution >= 4 is 25.4 Å². The van der Waals surface area contributed by atoms with E-state index in [0.29, 0.717) is 0 Å². The summed E-state index contributed by atoms with van der Waals surface area (Å²) in [7, 11) is 0.704. The first-order valence-electron chi connectivity index (χ1n) is 3.64. The summed E-state index contributed by atoms with van der Waals surface area (Å²) in [5, 5.41) is 28.3. The van der Waals surface area contributed by atoms with Gasteiger partial charge in [-0.05, 0) is 12.1 Å². The van der Waals surface area contributed by atoms with Gasteiger partial charge in [-0.3, -0.25) is 10.1 Å². The van der Waals surface area contributed by atoms with E-state index < -0.39 is 35.9 Å². The first kappa shape index (κ1) is 12.2. The van der Waals surface area contributed by atoms with Gasteiger partial charge in [-0.25, -0.2) is 8.42 Å². The monoisotopic (exact) mass is 262 g/mol. The van der Waals surface area contributed by atoms with Crippen molar-refractivity contribution in [2.75, 3.05) is 0 Å². The molecule has 0 atom stereocenters. The van der Waals surface area contributed by atoms with E-state index >= 15 is 0 Å². The quantitative estimate of drug-likeness (QED) is 0.484. The summed E-state index contributed by atoms with van der Waals surface area (Å²) in [4.78, 5) is 8.77. The van der Waals surface area contributed by atoms with Crippen LogP contribution in [0.2, 0.25) is 0 Å². The number of rotatable bonds is 2. The zero-order chi connectivity index (χ0) is 12.5. The van der Waals surface area contributed by atoms with Gasteiger partial charge in [0.05, 0.1) is 4.92 Å². The Balaban J connectivity index is 3.79. The van der Waals surface area contributed by atoms with Crippen LogP contribution in [0, 0.1) is 21.4 Å². The van der Waals surface area contributed by atoms with Gasteiger partial charge >= 0.3 is 5.69 Å². The molecular weight excluding hydrogens is 260 g/mol. The van der Waals surface area contributed by atoms with E-state index in [9.17, 15) is 18.5 Å². The summed E-state index contributed by atoms with van der Waals surface area (Å²) < 4.78 is 22.0. The molecule has 0 saturated carbocycles. The number of nitriles is 1. The van der Waals surface area contributed by atoms with Gasteiger partial charge in [0, 0.05) is 10.7 Å². The third-order valence-electron chi connectivity index (χ3n) is 1.68. The van der Waals surface area contributed by atoms with Gasteiger partial charge in [-0.1, -0.05) is 0 Å². The zero-order valence-electron chi connectivity index (χ0n) is 7.42. The molecule has 0 spiro atoms. The number of nitro groups is 1. The van der Waals surface area contributed by atoms with E-state index in [1.807, 2.05) is 0 Å². The minimum absolute atomic E-state index is 0.707. The van der Waals surface area contributed by atoms with E-state index in [-0.39, 0.29) is 0 Å². The van der Waals surface area contributed by atoms with Crippen LogP contribution in [0.3, 0.4) is 0 Å². The van der Waals surface area contributed by atoms with Gasteiger partial charge in [0.1, 0.15) is 11.0 Å². The lowest BCUT2D eigenvalue weighted by molar-refractivity contribution is -0.386. The Morgan fingerprint density at radius 2 is 2.06 bits per heavy atom. The van der Waals surface area contributed by atoms with Crippen LogP contribution < -0.4 is 0 Å². The molecule has 0 aliphatic rings. The maximum Gasteiger partial charge on any atom is 0.329 e. The minimum atomic E-state index is -4.28. The second-order valence-corrected chi connectivity index (χ2v) is 5.15. The average Bonchev–Trinajstić information content (AvgIpc) is 2.14. The number of hydrogen-bond donors (Lipinski definition) is 1. The van der Waals surface area contributed by atoms with E-state index in [1.54, 1.807) is 0 Å². The Morgan fingerprint density at radius 3 is 2.44 bits per heavy atom. The lowest BCUT2D eigenvalue weighted by Gasteiger charge is -2.02. The van der Waals surface area contributed by atoms with Crippen LogP contribution in [0.25, 0.3) is 0 Å². The molecule has 16 heavy (non-hydrogen) atoms. The summed E-state index contributed by atoms with van der Waals surface area (Å²) in [5.74, 6) is -0.800. The maximum atomic E-state index is 11.0. The highest BCUT2D eigenvalue weighted by molar-refractivity contribution is 8.13. The molecule has 0 aliphatic carbocycles. The summed E-state index contributed by atoms with van der Waals surface area (Å²) >= 11 is 0. The van der Waals surface area contributed by atoms with Crippen LogP contribution in [0.15, 0.2) is 17.0 Å². The Labute approximate surface area is 94.1 Å². The second-order valence-electron chi connectivity index (χ2n) is 2.61. The second kappa shape index (κ2) is 3.96. The normalized spacial score (nSPS) is 10.8. The van der Waals surface area contributed by atoms with Gasteiger partial charge in [0.15, 0.2) is 11.3 Å². The van der Waals surface area contributed by atoms with Gasteiger partial charge in [-0.15, -0.1) is 0 Å². The first-order chi connectivity index (χ1) is 7.29. The number of phenolic OH excluding ortho intramolecular Hbond substituents is 1. The number of nitrogens with zero attached hydrogens (tertiary/aromatic N) is 2. The van der Waals surface area contributed by atoms with Gasteiger partial charge in [0.25, 0.3) is 9.05 Å². The van der Waals surface area contributed by atoms with Gasteiger partial charge in [-0.2, -0.15) is 5.26 Å². The summed E-state index contributed by atoms with van der Waals surface area (Å²) in [6.45, 7) is 0. The first-order valence-corrected chi connectivity index (χ1v) is 5.95. The van der Waals surface area contributed by atoms with Crippen molar-refractivity contribution in [1.29, 1.82) is 5.26 Å². The Bertz CT molecular complexity index is 604. The van der Waals surface area contributed by atoms with E-state index in [0.717, 1.165) is 12.1 Å². The van der Waals surface area contributed by atoms with Crippen molar-refractivity contribution in [2.45, 2.75) is 4.90 Å². The lowest BCUT2D eigenvalue weighted by Crippen LogP contribution is -2.00. The fraction of sp³-hybridized carbons (Fsp3) is 0. The summed E-state index contributed by atoms with van der Waals surface area (Å²) in [5.41, 5.74) is -1.77. The van der Waals surface area contributed by atoms with Crippen molar-refractivity contribution in [3.63, 3.8) is 0 Å². The number of aromatic hydroxyl groups is 1. The Morgan fingerprint density at radius 1 is 1.50 bits per heavy atom. The standard InChI is InChI=1S/C7H3ClN2O5S/c8-16(14,15)6-2-1-5(11)7(10(12)13)4(6)3-9/h1-2,11H. The Hall–Kier alpha value is -1.85. The Kier molecular flexibility index (Phi) is 3.02.